The van der Waals surface area contributed by atoms with E-state index in [2.05, 4.69) is 0 Å². The lowest BCUT2D eigenvalue weighted by molar-refractivity contribution is -0.120. The molecule has 0 aliphatic carbocycles. The number of hydrogen-bond donors (Lipinski definition) is 2. The SMILES string of the molecule is NCc1ccc2c(c1)N(c1cccc(N)c1)C(=O)CO2. The molecule has 0 unspecified atom stereocenters. The maximum atomic E-state index is 12.2. The number of benzene rings is 2. The second-order valence-electron chi connectivity index (χ2n) is 4.62. The first-order chi connectivity index (χ1) is 9.69. The van der Waals surface area contributed by atoms with Crippen molar-refractivity contribution in [3.05, 3.63) is 48.0 Å². The van der Waals surface area contributed by atoms with Gasteiger partial charge in [-0.15, -0.1) is 0 Å². The molecule has 2 aromatic rings. The largest absolute Gasteiger partial charge is 0.482 e. The van der Waals surface area contributed by atoms with E-state index in [1.54, 1.807) is 17.0 Å². The lowest BCUT2D eigenvalue weighted by Gasteiger charge is -2.30. The van der Waals surface area contributed by atoms with Gasteiger partial charge in [0.1, 0.15) is 5.75 Å². The summed E-state index contributed by atoms with van der Waals surface area (Å²) in [5, 5.41) is 0. The molecule has 102 valence electrons. The number of nitrogens with two attached hydrogens (primary N) is 2. The van der Waals surface area contributed by atoms with Crippen molar-refractivity contribution in [1.29, 1.82) is 0 Å². The summed E-state index contributed by atoms with van der Waals surface area (Å²) in [5.74, 6) is 0.543. The van der Waals surface area contributed by atoms with Crippen LogP contribution in [0.5, 0.6) is 5.75 Å². The predicted octanol–water partition coefficient (Wildman–Crippen LogP) is 1.78. The van der Waals surface area contributed by atoms with E-state index in [1.807, 2.05) is 30.3 Å². The molecule has 0 atom stereocenters. The minimum atomic E-state index is -0.128. The number of amides is 1. The quantitative estimate of drug-likeness (QED) is 0.814. The highest BCUT2D eigenvalue weighted by Gasteiger charge is 2.27. The van der Waals surface area contributed by atoms with Gasteiger partial charge in [-0.2, -0.15) is 0 Å². The molecule has 1 heterocycles. The lowest BCUT2D eigenvalue weighted by atomic mass is 10.1. The minimum absolute atomic E-state index is 0.0176. The van der Waals surface area contributed by atoms with Gasteiger partial charge in [-0.25, -0.2) is 0 Å². The Morgan fingerprint density at radius 3 is 2.80 bits per heavy atom. The summed E-state index contributed by atoms with van der Waals surface area (Å²) < 4.78 is 5.45. The van der Waals surface area contributed by atoms with Crippen LogP contribution >= 0.6 is 0 Å². The molecular formula is C15H15N3O2. The van der Waals surface area contributed by atoms with Gasteiger partial charge in [0.2, 0.25) is 0 Å². The molecule has 0 fully saturated rings. The van der Waals surface area contributed by atoms with Gasteiger partial charge in [-0.1, -0.05) is 12.1 Å². The number of nitrogen functional groups attached to an aromatic ring is 1. The van der Waals surface area contributed by atoms with Crippen molar-refractivity contribution in [1.82, 2.24) is 0 Å². The molecule has 0 radical (unpaired) electrons. The van der Waals surface area contributed by atoms with Crippen LogP contribution in [-0.2, 0) is 11.3 Å². The lowest BCUT2D eigenvalue weighted by Crippen LogP contribution is -2.35. The monoisotopic (exact) mass is 269 g/mol. The van der Waals surface area contributed by atoms with Gasteiger partial charge in [-0.3, -0.25) is 9.69 Å². The molecule has 0 spiro atoms. The molecule has 20 heavy (non-hydrogen) atoms. The van der Waals surface area contributed by atoms with Crippen molar-refractivity contribution >= 4 is 23.0 Å². The Morgan fingerprint density at radius 1 is 1.20 bits per heavy atom. The Labute approximate surface area is 116 Å². The van der Waals surface area contributed by atoms with Crippen LogP contribution in [0.4, 0.5) is 17.1 Å². The number of nitrogens with zero attached hydrogens (tertiary/aromatic N) is 1. The van der Waals surface area contributed by atoms with Crippen molar-refractivity contribution in [2.24, 2.45) is 5.73 Å². The summed E-state index contributed by atoms with van der Waals surface area (Å²) in [6.45, 7) is 0.427. The smallest absolute Gasteiger partial charge is 0.269 e. The van der Waals surface area contributed by atoms with Crippen LogP contribution in [0.2, 0.25) is 0 Å². The number of ether oxygens (including phenoxy) is 1. The van der Waals surface area contributed by atoms with Crippen LogP contribution < -0.4 is 21.1 Å². The van der Waals surface area contributed by atoms with Crippen LogP contribution in [0.25, 0.3) is 0 Å². The second-order valence-corrected chi connectivity index (χ2v) is 4.62. The van der Waals surface area contributed by atoms with Crippen LogP contribution in [0, 0.1) is 0 Å². The number of rotatable bonds is 2. The maximum absolute atomic E-state index is 12.2. The van der Waals surface area contributed by atoms with E-state index in [-0.39, 0.29) is 12.5 Å². The van der Waals surface area contributed by atoms with Crippen molar-refractivity contribution in [2.45, 2.75) is 6.54 Å². The summed E-state index contributed by atoms with van der Waals surface area (Å²) >= 11 is 0. The first kappa shape index (κ1) is 12.5. The molecule has 5 nitrogen and oxygen atoms in total. The zero-order chi connectivity index (χ0) is 14.1. The Hall–Kier alpha value is -2.53. The van der Waals surface area contributed by atoms with E-state index in [4.69, 9.17) is 16.2 Å². The third-order valence-electron chi connectivity index (χ3n) is 3.23. The van der Waals surface area contributed by atoms with E-state index in [9.17, 15) is 4.79 Å². The first-order valence-corrected chi connectivity index (χ1v) is 6.33. The summed E-state index contributed by atoms with van der Waals surface area (Å²) in [7, 11) is 0. The first-order valence-electron chi connectivity index (χ1n) is 6.33. The van der Waals surface area contributed by atoms with E-state index in [1.165, 1.54) is 0 Å². The molecular weight excluding hydrogens is 254 g/mol. The molecule has 0 saturated carbocycles. The normalized spacial score (nSPS) is 13.8. The van der Waals surface area contributed by atoms with E-state index in [0.717, 1.165) is 11.3 Å². The fourth-order valence-corrected chi connectivity index (χ4v) is 2.27. The number of carbonyl (C=O) groups excluding carboxylic acids is 1. The molecule has 1 aliphatic rings. The average Bonchev–Trinajstić information content (AvgIpc) is 2.46. The van der Waals surface area contributed by atoms with Gasteiger partial charge in [0.15, 0.2) is 6.61 Å². The van der Waals surface area contributed by atoms with Crippen LogP contribution in [0.1, 0.15) is 5.56 Å². The Kier molecular flexibility index (Phi) is 3.04. The third-order valence-corrected chi connectivity index (χ3v) is 3.23. The van der Waals surface area contributed by atoms with E-state index >= 15 is 0 Å². The molecule has 1 aliphatic heterocycles. The highest BCUT2D eigenvalue weighted by molar-refractivity contribution is 6.04. The predicted molar refractivity (Wildman–Crippen MR) is 77.8 cm³/mol. The van der Waals surface area contributed by atoms with Crippen molar-refractivity contribution in [3.63, 3.8) is 0 Å². The zero-order valence-corrected chi connectivity index (χ0v) is 10.9. The number of anilines is 3. The zero-order valence-electron chi connectivity index (χ0n) is 10.9. The van der Waals surface area contributed by atoms with Gasteiger partial charge in [0, 0.05) is 12.2 Å². The molecule has 0 aromatic heterocycles. The van der Waals surface area contributed by atoms with Crippen molar-refractivity contribution in [2.75, 3.05) is 17.2 Å². The Balaban J connectivity index is 2.14. The third kappa shape index (κ3) is 2.08. The summed E-state index contributed by atoms with van der Waals surface area (Å²) in [6.07, 6.45) is 0. The van der Waals surface area contributed by atoms with Crippen LogP contribution in [0.15, 0.2) is 42.5 Å². The topological polar surface area (TPSA) is 81.6 Å². The maximum Gasteiger partial charge on any atom is 0.269 e. The second kappa shape index (κ2) is 4.86. The number of fused-ring (bicyclic) bond motifs is 1. The Morgan fingerprint density at radius 2 is 2.05 bits per heavy atom. The number of carbonyl (C=O) groups is 1. The molecule has 2 aromatic carbocycles. The van der Waals surface area contributed by atoms with Gasteiger partial charge in [0.25, 0.3) is 5.91 Å². The van der Waals surface area contributed by atoms with Crippen LogP contribution in [0.3, 0.4) is 0 Å². The van der Waals surface area contributed by atoms with Gasteiger partial charge >= 0.3 is 0 Å². The Bertz CT molecular complexity index is 670. The highest BCUT2D eigenvalue weighted by atomic mass is 16.5. The minimum Gasteiger partial charge on any atom is -0.482 e. The van der Waals surface area contributed by atoms with Gasteiger partial charge < -0.3 is 16.2 Å². The van der Waals surface area contributed by atoms with Crippen molar-refractivity contribution < 1.29 is 9.53 Å². The molecule has 4 N–H and O–H groups in total. The van der Waals surface area contributed by atoms with Gasteiger partial charge in [-0.05, 0) is 35.9 Å². The highest BCUT2D eigenvalue weighted by Crippen LogP contribution is 2.38. The van der Waals surface area contributed by atoms with E-state index in [0.29, 0.717) is 23.7 Å². The fraction of sp³-hybridized carbons (Fsp3) is 0.133. The summed E-state index contributed by atoms with van der Waals surface area (Å²) in [6, 6.07) is 12.8. The molecule has 3 rings (SSSR count). The fourth-order valence-electron chi connectivity index (χ4n) is 2.27. The summed E-state index contributed by atoms with van der Waals surface area (Å²) in [5.41, 5.74) is 14.4. The summed E-state index contributed by atoms with van der Waals surface area (Å²) in [4.78, 5) is 13.8. The average molecular weight is 269 g/mol. The van der Waals surface area contributed by atoms with Gasteiger partial charge in [0.05, 0.1) is 11.4 Å². The van der Waals surface area contributed by atoms with Crippen LogP contribution in [-0.4, -0.2) is 12.5 Å². The molecule has 0 saturated heterocycles. The standard InChI is InChI=1S/C15H15N3O2/c16-8-10-4-5-14-13(6-10)18(15(19)9-20-14)12-3-1-2-11(17)7-12/h1-7H,8-9,16-17H2. The van der Waals surface area contributed by atoms with E-state index < -0.39 is 0 Å². The molecule has 0 bridgehead atoms. The van der Waals surface area contributed by atoms with Crippen molar-refractivity contribution in [3.8, 4) is 5.75 Å². The molecule has 5 heteroatoms. The number of hydrogen-bond acceptors (Lipinski definition) is 4. The molecule has 1 amide bonds.